The lowest BCUT2D eigenvalue weighted by Gasteiger charge is -2.47. The number of likely N-dealkylation sites (tertiary alicyclic amines) is 1. The molecular formula is C22H27FN4O3. The Bertz CT molecular complexity index is 942. The van der Waals surface area contributed by atoms with E-state index in [1.165, 1.54) is 0 Å². The van der Waals surface area contributed by atoms with E-state index in [1.807, 2.05) is 18.3 Å². The molecule has 5 rings (SSSR count). The summed E-state index contributed by atoms with van der Waals surface area (Å²) in [5.41, 5.74) is -0.166. The summed E-state index contributed by atoms with van der Waals surface area (Å²) >= 11 is 0. The summed E-state index contributed by atoms with van der Waals surface area (Å²) in [6.07, 6.45) is 4.79. The number of methoxy groups -OCH3 is 1. The van der Waals surface area contributed by atoms with Crippen molar-refractivity contribution < 1.29 is 18.7 Å². The van der Waals surface area contributed by atoms with Crippen LogP contribution in [0, 0.1) is 0 Å². The lowest BCUT2D eigenvalue weighted by Crippen LogP contribution is -2.55. The molecule has 5 heterocycles. The number of nitrogens with zero attached hydrogens (tertiary/aromatic N) is 4. The second-order valence-corrected chi connectivity index (χ2v) is 8.34. The average molecular weight is 414 g/mol. The van der Waals surface area contributed by atoms with E-state index >= 15 is 4.39 Å². The van der Waals surface area contributed by atoms with Crippen molar-refractivity contribution in [1.29, 1.82) is 0 Å². The Labute approximate surface area is 175 Å². The van der Waals surface area contributed by atoms with Crippen molar-refractivity contribution in [2.45, 2.75) is 30.5 Å². The van der Waals surface area contributed by atoms with E-state index in [1.54, 1.807) is 18.2 Å². The zero-order valence-corrected chi connectivity index (χ0v) is 17.2. The Morgan fingerprint density at radius 3 is 2.90 bits per heavy atom. The summed E-state index contributed by atoms with van der Waals surface area (Å²) in [5, 5.41) is 0. The molecule has 1 amide bonds. The van der Waals surface area contributed by atoms with Crippen LogP contribution in [0.4, 0.5) is 10.1 Å². The van der Waals surface area contributed by atoms with Crippen LogP contribution in [0.5, 0.6) is 0 Å². The number of carbonyl (C=O) groups excluding carboxylic acids is 1. The Kier molecular flexibility index (Phi) is 4.78. The van der Waals surface area contributed by atoms with Crippen molar-refractivity contribution in [3.63, 3.8) is 0 Å². The van der Waals surface area contributed by atoms with E-state index in [0.29, 0.717) is 39.5 Å². The topological polar surface area (TPSA) is 59.8 Å². The molecule has 0 aromatic carbocycles. The minimum atomic E-state index is -1.82. The van der Waals surface area contributed by atoms with Crippen molar-refractivity contribution in [2.75, 3.05) is 51.5 Å². The van der Waals surface area contributed by atoms with E-state index in [2.05, 4.69) is 26.6 Å². The molecule has 0 N–H and O–H groups in total. The summed E-state index contributed by atoms with van der Waals surface area (Å²) in [4.78, 5) is 21.8. The van der Waals surface area contributed by atoms with Gasteiger partial charge in [-0.2, -0.15) is 0 Å². The van der Waals surface area contributed by atoms with Crippen molar-refractivity contribution >= 4 is 11.6 Å². The molecule has 0 aliphatic carbocycles. The van der Waals surface area contributed by atoms with Gasteiger partial charge >= 0.3 is 0 Å². The molecule has 8 heteroatoms. The van der Waals surface area contributed by atoms with Gasteiger partial charge in [0, 0.05) is 52.0 Å². The first-order valence-corrected chi connectivity index (χ1v) is 10.5. The molecule has 2 fully saturated rings. The maximum absolute atomic E-state index is 15.4. The Balaban J connectivity index is 1.53. The lowest BCUT2D eigenvalue weighted by atomic mass is 9.88. The van der Waals surface area contributed by atoms with Gasteiger partial charge in [0.05, 0.1) is 31.2 Å². The number of halogens is 1. The molecule has 0 bridgehead atoms. The zero-order chi connectivity index (χ0) is 20.8. The van der Waals surface area contributed by atoms with Gasteiger partial charge in [0.25, 0.3) is 5.91 Å². The largest absolute Gasteiger partial charge is 0.383 e. The predicted molar refractivity (Wildman–Crippen MR) is 110 cm³/mol. The van der Waals surface area contributed by atoms with Gasteiger partial charge in [-0.15, -0.1) is 0 Å². The Hall–Kier alpha value is -2.45. The monoisotopic (exact) mass is 414 g/mol. The number of anilines is 1. The Morgan fingerprint density at radius 2 is 2.10 bits per heavy atom. The fraction of sp³-hybridized carbons (Fsp3) is 0.545. The van der Waals surface area contributed by atoms with Gasteiger partial charge in [-0.05, 0) is 30.7 Å². The fourth-order valence-corrected chi connectivity index (χ4v) is 5.20. The first kappa shape index (κ1) is 19.5. The van der Waals surface area contributed by atoms with Gasteiger partial charge in [0.15, 0.2) is 11.5 Å². The van der Waals surface area contributed by atoms with Crippen LogP contribution in [0.2, 0.25) is 0 Å². The number of carbonyl (C=O) groups is 1. The Morgan fingerprint density at radius 1 is 1.27 bits per heavy atom. The van der Waals surface area contributed by atoms with Crippen LogP contribution in [-0.2, 0) is 19.8 Å². The van der Waals surface area contributed by atoms with Crippen LogP contribution in [0.1, 0.15) is 25.0 Å². The molecule has 2 saturated heterocycles. The minimum Gasteiger partial charge on any atom is -0.383 e. The minimum absolute atomic E-state index is 0.131. The molecule has 3 aliphatic heterocycles. The summed E-state index contributed by atoms with van der Waals surface area (Å²) in [6.45, 7) is 2.77. The number of ether oxygens (including phenoxy) is 2. The highest BCUT2D eigenvalue weighted by Gasteiger charge is 2.53. The third-order valence-corrected chi connectivity index (χ3v) is 6.75. The molecule has 3 aliphatic rings. The molecule has 0 unspecified atom stereocenters. The number of hydrogen-bond donors (Lipinski definition) is 0. The number of hydrogen-bond acceptors (Lipinski definition) is 5. The van der Waals surface area contributed by atoms with Crippen LogP contribution >= 0.6 is 0 Å². The number of rotatable bonds is 4. The number of pyridine rings is 1. The van der Waals surface area contributed by atoms with Gasteiger partial charge < -0.3 is 23.8 Å². The van der Waals surface area contributed by atoms with Gasteiger partial charge in [-0.25, -0.2) is 9.37 Å². The van der Waals surface area contributed by atoms with Crippen molar-refractivity contribution in [3.8, 4) is 5.82 Å². The summed E-state index contributed by atoms with van der Waals surface area (Å²) in [5.74, 6) is 0.472. The average Bonchev–Trinajstić information content (AvgIpc) is 3.43. The SMILES string of the molecule is COCCN1c2cccnc2-n2cccc2[C@]12CCN(C(=O)C1(F)CCOCC1)C2. The maximum atomic E-state index is 15.4. The van der Waals surface area contributed by atoms with Gasteiger partial charge in [0.2, 0.25) is 0 Å². The van der Waals surface area contributed by atoms with Crippen molar-refractivity contribution in [3.05, 3.63) is 42.4 Å². The van der Waals surface area contributed by atoms with E-state index < -0.39 is 17.1 Å². The molecule has 160 valence electrons. The third-order valence-electron chi connectivity index (χ3n) is 6.75. The first-order chi connectivity index (χ1) is 14.6. The highest BCUT2D eigenvalue weighted by atomic mass is 19.1. The normalized spacial score (nSPS) is 24.7. The second kappa shape index (κ2) is 7.35. The zero-order valence-electron chi connectivity index (χ0n) is 17.2. The predicted octanol–water partition coefficient (Wildman–Crippen LogP) is 2.29. The smallest absolute Gasteiger partial charge is 0.260 e. The maximum Gasteiger partial charge on any atom is 0.260 e. The molecule has 0 radical (unpaired) electrons. The molecular weight excluding hydrogens is 387 g/mol. The van der Waals surface area contributed by atoms with E-state index in [0.717, 1.165) is 23.6 Å². The van der Waals surface area contributed by atoms with E-state index in [-0.39, 0.29) is 12.8 Å². The molecule has 0 saturated carbocycles. The third kappa shape index (κ3) is 2.85. The van der Waals surface area contributed by atoms with Crippen LogP contribution in [0.3, 0.4) is 0 Å². The van der Waals surface area contributed by atoms with Gasteiger partial charge in [-0.3, -0.25) is 4.79 Å². The molecule has 7 nitrogen and oxygen atoms in total. The number of aromatic nitrogens is 2. The van der Waals surface area contributed by atoms with Crippen molar-refractivity contribution in [2.24, 2.45) is 0 Å². The van der Waals surface area contributed by atoms with Crippen LogP contribution in [-0.4, -0.2) is 72.6 Å². The fourth-order valence-electron chi connectivity index (χ4n) is 5.20. The van der Waals surface area contributed by atoms with Crippen LogP contribution in [0.15, 0.2) is 36.7 Å². The van der Waals surface area contributed by atoms with Gasteiger partial charge in [0.1, 0.15) is 5.54 Å². The van der Waals surface area contributed by atoms with E-state index in [4.69, 9.17) is 9.47 Å². The first-order valence-electron chi connectivity index (χ1n) is 10.5. The molecule has 30 heavy (non-hydrogen) atoms. The quantitative estimate of drug-likeness (QED) is 0.768. The van der Waals surface area contributed by atoms with Crippen LogP contribution in [0.25, 0.3) is 5.82 Å². The second-order valence-electron chi connectivity index (χ2n) is 8.34. The summed E-state index contributed by atoms with van der Waals surface area (Å²) in [7, 11) is 1.69. The summed E-state index contributed by atoms with van der Waals surface area (Å²) < 4.78 is 28.2. The highest BCUT2D eigenvalue weighted by molar-refractivity contribution is 5.86. The van der Waals surface area contributed by atoms with E-state index in [9.17, 15) is 4.79 Å². The van der Waals surface area contributed by atoms with Crippen molar-refractivity contribution in [1.82, 2.24) is 14.5 Å². The summed E-state index contributed by atoms with van der Waals surface area (Å²) in [6, 6.07) is 8.08. The molecule has 1 atom stereocenters. The standard InChI is InChI=1S/C22H27FN4O3/c1-29-15-12-27-17-4-2-9-24-19(17)26-10-3-5-18(26)22(27)6-11-25(16-22)20(28)21(23)7-13-30-14-8-21/h2-5,9-10H,6-8,11-16H2,1H3/t22-/m1/s1. The highest BCUT2D eigenvalue weighted by Crippen LogP contribution is 2.47. The number of alkyl halides is 1. The molecule has 2 aromatic rings. The molecule has 2 aromatic heterocycles. The van der Waals surface area contributed by atoms with Crippen LogP contribution < -0.4 is 4.90 Å². The lowest BCUT2D eigenvalue weighted by molar-refractivity contribution is -0.149. The number of amides is 1. The molecule has 1 spiro atoms. The number of fused-ring (bicyclic) bond motifs is 4. The van der Waals surface area contributed by atoms with Gasteiger partial charge in [-0.1, -0.05) is 0 Å².